The second kappa shape index (κ2) is 6.37. The molecule has 3 heteroatoms. The van der Waals surface area contributed by atoms with E-state index in [9.17, 15) is 0 Å². The van der Waals surface area contributed by atoms with Gasteiger partial charge in [-0.2, -0.15) is 0 Å². The molecule has 2 aromatic carbocycles. The van der Waals surface area contributed by atoms with Gasteiger partial charge in [-0.25, -0.2) is 0 Å². The topological polar surface area (TPSA) is 18.5 Å². The fraction of sp³-hybridized carbons (Fsp3) is 0.368. The van der Waals surface area contributed by atoms with Crippen molar-refractivity contribution in [1.29, 1.82) is 0 Å². The molecule has 1 aliphatic rings. The molecule has 0 N–H and O–H groups in total. The first-order valence-electron chi connectivity index (χ1n) is 7.96. The Balaban J connectivity index is 2.07. The zero-order valence-electron chi connectivity index (χ0n) is 13.7. The minimum Gasteiger partial charge on any atom is -0.390 e. The molecule has 1 radical (unpaired) electrons. The van der Waals surface area contributed by atoms with Gasteiger partial charge < -0.3 is 8.85 Å². The maximum atomic E-state index is 6.24. The highest BCUT2D eigenvalue weighted by Gasteiger charge is 2.39. The summed E-state index contributed by atoms with van der Waals surface area (Å²) in [6.07, 6.45) is 0.347. The minimum absolute atomic E-state index is 0.174. The number of hydrogen-bond donors (Lipinski definition) is 0. The summed E-state index contributed by atoms with van der Waals surface area (Å²) in [5.41, 5.74) is 5.58. The maximum absolute atomic E-state index is 6.24. The first kappa shape index (κ1) is 15.5. The van der Waals surface area contributed by atoms with E-state index in [1.807, 2.05) is 0 Å². The maximum Gasteiger partial charge on any atom is 0.398 e. The van der Waals surface area contributed by atoms with E-state index in [0.29, 0.717) is 0 Å². The zero-order valence-corrected chi connectivity index (χ0v) is 14.7. The second-order valence-corrected chi connectivity index (χ2v) is 7.95. The van der Waals surface area contributed by atoms with Crippen LogP contribution in [0.2, 0.25) is 0 Å². The van der Waals surface area contributed by atoms with Crippen LogP contribution in [0, 0.1) is 0 Å². The van der Waals surface area contributed by atoms with Gasteiger partial charge in [0.15, 0.2) is 0 Å². The lowest BCUT2D eigenvalue weighted by Crippen LogP contribution is -2.35. The van der Waals surface area contributed by atoms with Gasteiger partial charge in [-0.05, 0) is 49.9 Å². The third kappa shape index (κ3) is 2.89. The van der Waals surface area contributed by atoms with Crippen LogP contribution in [0.4, 0.5) is 0 Å². The van der Waals surface area contributed by atoms with E-state index in [1.165, 1.54) is 22.3 Å². The molecule has 2 nitrogen and oxygen atoms in total. The van der Waals surface area contributed by atoms with E-state index in [2.05, 4.69) is 76.2 Å². The van der Waals surface area contributed by atoms with Gasteiger partial charge >= 0.3 is 9.28 Å². The summed E-state index contributed by atoms with van der Waals surface area (Å²) in [6.45, 7) is 8.34. The molecular formula is C19H23O2Si. The summed E-state index contributed by atoms with van der Waals surface area (Å²) >= 11 is 0. The van der Waals surface area contributed by atoms with Gasteiger partial charge in [-0.15, -0.1) is 0 Å². The van der Waals surface area contributed by atoms with Crippen LogP contribution in [0.15, 0.2) is 48.5 Å². The molecule has 1 aliphatic carbocycles. The molecule has 22 heavy (non-hydrogen) atoms. The molecule has 0 amide bonds. The number of hydrogen-bond acceptors (Lipinski definition) is 2. The predicted octanol–water partition coefficient (Wildman–Crippen LogP) is 4.68. The smallest absolute Gasteiger partial charge is 0.390 e. The Bertz CT molecular complexity index is 596. The summed E-state index contributed by atoms with van der Waals surface area (Å²) in [6, 6.07) is 17.3. The van der Waals surface area contributed by atoms with Crippen LogP contribution in [0.3, 0.4) is 0 Å². The van der Waals surface area contributed by atoms with Crippen molar-refractivity contribution in [2.24, 2.45) is 0 Å². The molecule has 3 rings (SSSR count). The van der Waals surface area contributed by atoms with Crippen molar-refractivity contribution >= 4 is 9.28 Å². The summed E-state index contributed by atoms with van der Waals surface area (Å²) < 4.78 is 12.5. The second-order valence-electron chi connectivity index (χ2n) is 6.26. The van der Waals surface area contributed by atoms with Crippen molar-refractivity contribution in [3.63, 3.8) is 0 Å². The molecule has 0 unspecified atom stereocenters. The fourth-order valence-corrected chi connectivity index (χ4v) is 5.31. The van der Waals surface area contributed by atoms with Crippen LogP contribution in [-0.4, -0.2) is 21.5 Å². The van der Waals surface area contributed by atoms with Crippen LogP contribution in [0.1, 0.15) is 44.4 Å². The SMILES string of the molecule is CC(C)O[Si](OC(C)C)C1c2ccccc2-c2ccccc21. The van der Waals surface area contributed by atoms with Crippen molar-refractivity contribution in [3.05, 3.63) is 59.7 Å². The number of benzene rings is 2. The van der Waals surface area contributed by atoms with Gasteiger partial charge in [0.05, 0.1) is 5.54 Å². The Morgan fingerprint density at radius 3 is 1.55 bits per heavy atom. The Morgan fingerprint density at radius 2 is 1.14 bits per heavy atom. The molecule has 0 spiro atoms. The Labute approximate surface area is 134 Å². The molecular weight excluding hydrogens is 288 g/mol. The van der Waals surface area contributed by atoms with Crippen molar-refractivity contribution in [1.82, 2.24) is 0 Å². The molecule has 0 fully saturated rings. The molecule has 0 bridgehead atoms. The molecule has 0 heterocycles. The van der Waals surface area contributed by atoms with Crippen LogP contribution in [-0.2, 0) is 8.85 Å². The Kier molecular flexibility index (Phi) is 4.48. The van der Waals surface area contributed by atoms with Crippen LogP contribution >= 0.6 is 0 Å². The van der Waals surface area contributed by atoms with E-state index in [4.69, 9.17) is 8.85 Å². The molecule has 2 aromatic rings. The van der Waals surface area contributed by atoms with E-state index < -0.39 is 9.28 Å². The minimum atomic E-state index is -1.44. The first-order valence-corrected chi connectivity index (χ1v) is 9.35. The number of fused-ring (bicyclic) bond motifs is 3. The lowest BCUT2D eigenvalue weighted by molar-refractivity contribution is 0.126. The Morgan fingerprint density at radius 1 is 0.727 bits per heavy atom. The van der Waals surface area contributed by atoms with Gasteiger partial charge in [0, 0.05) is 12.2 Å². The molecule has 0 atom stereocenters. The summed E-state index contributed by atoms with van der Waals surface area (Å²) in [5, 5.41) is 0. The molecule has 0 aliphatic heterocycles. The lowest BCUT2D eigenvalue weighted by atomic mass is 10.1. The summed E-state index contributed by atoms with van der Waals surface area (Å²) in [4.78, 5) is 0. The normalized spacial score (nSPS) is 14.0. The first-order chi connectivity index (χ1) is 10.6. The van der Waals surface area contributed by atoms with E-state index in [0.717, 1.165) is 0 Å². The molecule has 0 saturated carbocycles. The molecule has 115 valence electrons. The van der Waals surface area contributed by atoms with Crippen molar-refractivity contribution in [2.75, 3.05) is 0 Å². The van der Waals surface area contributed by atoms with E-state index >= 15 is 0 Å². The van der Waals surface area contributed by atoms with Gasteiger partial charge in [0.1, 0.15) is 0 Å². The molecule has 0 saturated heterocycles. The summed E-state index contributed by atoms with van der Waals surface area (Å²) in [5.74, 6) is 0. The standard InChI is InChI=1S/C19H23O2Si/c1-13(2)20-22(21-14(3)4)19-17-11-7-5-9-15(17)16-10-6-8-12-18(16)19/h5-14,19H,1-4H3. The van der Waals surface area contributed by atoms with E-state index in [-0.39, 0.29) is 17.7 Å². The highest BCUT2D eigenvalue weighted by molar-refractivity contribution is 6.48. The zero-order chi connectivity index (χ0) is 15.7. The van der Waals surface area contributed by atoms with Crippen LogP contribution in [0.5, 0.6) is 0 Å². The average molecular weight is 311 g/mol. The third-order valence-corrected chi connectivity index (χ3v) is 6.27. The lowest BCUT2D eigenvalue weighted by Gasteiger charge is -2.26. The van der Waals surface area contributed by atoms with Gasteiger partial charge in [-0.3, -0.25) is 0 Å². The summed E-state index contributed by atoms with van der Waals surface area (Å²) in [7, 11) is -1.44. The van der Waals surface area contributed by atoms with Gasteiger partial charge in [-0.1, -0.05) is 48.5 Å². The third-order valence-electron chi connectivity index (χ3n) is 3.77. The van der Waals surface area contributed by atoms with Crippen molar-refractivity contribution in [3.8, 4) is 11.1 Å². The average Bonchev–Trinajstić information content (AvgIpc) is 2.80. The van der Waals surface area contributed by atoms with E-state index in [1.54, 1.807) is 0 Å². The predicted molar refractivity (Wildman–Crippen MR) is 91.9 cm³/mol. The monoisotopic (exact) mass is 311 g/mol. The quantitative estimate of drug-likeness (QED) is 0.747. The Hall–Kier alpha value is -1.42. The van der Waals surface area contributed by atoms with Crippen LogP contribution in [0.25, 0.3) is 11.1 Å². The highest BCUT2D eigenvalue weighted by Crippen LogP contribution is 2.46. The largest absolute Gasteiger partial charge is 0.398 e. The molecule has 0 aromatic heterocycles. The highest BCUT2D eigenvalue weighted by atomic mass is 28.3. The van der Waals surface area contributed by atoms with Gasteiger partial charge in [0.2, 0.25) is 0 Å². The van der Waals surface area contributed by atoms with Crippen molar-refractivity contribution < 1.29 is 8.85 Å². The van der Waals surface area contributed by atoms with Crippen molar-refractivity contribution in [2.45, 2.75) is 45.4 Å². The van der Waals surface area contributed by atoms with Gasteiger partial charge in [0.25, 0.3) is 0 Å². The number of rotatable bonds is 5. The fourth-order valence-electron chi connectivity index (χ4n) is 3.04. The van der Waals surface area contributed by atoms with Crippen LogP contribution < -0.4 is 0 Å².